The van der Waals surface area contributed by atoms with Crippen molar-refractivity contribution in [2.45, 2.75) is 46.6 Å². The molecule has 0 radical (unpaired) electrons. The van der Waals surface area contributed by atoms with Crippen LogP contribution in [0.4, 0.5) is 0 Å². The van der Waals surface area contributed by atoms with Gasteiger partial charge in [-0.15, -0.1) is 11.3 Å². The highest BCUT2D eigenvalue weighted by Crippen LogP contribution is 2.28. The molecular weight excluding hydrogens is 428 g/mol. The third kappa shape index (κ3) is 3.88. The van der Waals surface area contributed by atoms with Crippen molar-refractivity contribution >= 4 is 33.2 Å². The Bertz CT molecular complexity index is 1390. The molecule has 0 aliphatic rings. The van der Waals surface area contributed by atoms with Gasteiger partial charge in [0.15, 0.2) is 0 Å². The standard InChI is InChI=1S/C25H25ClN2O2S/c1-15-16(2)31-23-21(15)22(29)28(20-12-10-19(26)11-13-20)24(30)27(23)14-17-6-8-18(9-7-17)25(3,4)5/h6-13H,14H2,1-5H3. The molecule has 0 fully saturated rings. The molecule has 0 amide bonds. The molecule has 2 aromatic heterocycles. The second kappa shape index (κ2) is 7.81. The third-order valence-electron chi connectivity index (χ3n) is 5.70. The lowest BCUT2D eigenvalue weighted by Crippen LogP contribution is -2.38. The number of benzene rings is 2. The maximum Gasteiger partial charge on any atom is 0.337 e. The molecule has 4 rings (SSSR count). The van der Waals surface area contributed by atoms with Gasteiger partial charge < -0.3 is 0 Å². The first-order chi connectivity index (χ1) is 14.6. The Morgan fingerprint density at radius 3 is 2.13 bits per heavy atom. The first-order valence-corrected chi connectivity index (χ1v) is 11.4. The number of hydrogen-bond acceptors (Lipinski definition) is 3. The summed E-state index contributed by atoms with van der Waals surface area (Å²) in [6, 6.07) is 15.1. The Balaban J connectivity index is 1.94. The monoisotopic (exact) mass is 452 g/mol. The molecule has 31 heavy (non-hydrogen) atoms. The number of hydrogen-bond donors (Lipinski definition) is 0. The van der Waals surface area contributed by atoms with E-state index >= 15 is 0 Å². The zero-order valence-electron chi connectivity index (χ0n) is 18.3. The van der Waals surface area contributed by atoms with E-state index in [9.17, 15) is 9.59 Å². The molecule has 0 bridgehead atoms. The van der Waals surface area contributed by atoms with Crippen LogP contribution in [0.3, 0.4) is 0 Å². The van der Waals surface area contributed by atoms with Crippen molar-refractivity contribution in [3.63, 3.8) is 0 Å². The highest BCUT2D eigenvalue weighted by Gasteiger charge is 2.20. The summed E-state index contributed by atoms with van der Waals surface area (Å²) in [5, 5.41) is 1.16. The second-order valence-corrected chi connectivity index (χ2v) is 10.5. The highest BCUT2D eigenvalue weighted by molar-refractivity contribution is 7.18. The van der Waals surface area contributed by atoms with Crippen LogP contribution in [0.25, 0.3) is 15.9 Å². The van der Waals surface area contributed by atoms with Crippen LogP contribution in [0.15, 0.2) is 58.1 Å². The van der Waals surface area contributed by atoms with Crippen molar-refractivity contribution in [1.82, 2.24) is 9.13 Å². The van der Waals surface area contributed by atoms with E-state index in [1.807, 2.05) is 13.8 Å². The number of thiophene rings is 1. The molecule has 0 aliphatic heterocycles. The van der Waals surface area contributed by atoms with E-state index in [0.717, 1.165) is 20.8 Å². The van der Waals surface area contributed by atoms with Crippen molar-refractivity contribution in [3.05, 3.63) is 96.0 Å². The molecule has 0 unspecified atom stereocenters. The Morgan fingerprint density at radius 1 is 0.935 bits per heavy atom. The zero-order chi connectivity index (χ0) is 22.5. The molecule has 160 valence electrons. The van der Waals surface area contributed by atoms with E-state index < -0.39 is 0 Å². The van der Waals surface area contributed by atoms with Gasteiger partial charge in [-0.25, -0.2) is 9.36 Å². The van der Waals surface area contributed by atoms with Crippen molar-refractivity contribution < 1.29 is 0 Å². The summed E-state index contributed by atoms with van der Waals surface area (Å²) in [5.41, 5.74) is 3.12. The van der Waals surface area contributed by atoms with Gasteiger partial charge in [0, 0.05) is 9.90 Å². The number of fused-ring (bicyclic) bond motifs is 1. The van der Waals surface area contributed by atoms with Crippen LogP contribution < -0.4 is 11.2 Å². The lowest BCUT2D eigenvalue weighted by atomic mass is 9.87. The van der Waals surface area contributed by atoms with Crippen molar-refractivity contribution in [1.29, 1.82) is 0 Å². The highest BCUT2D eigenvalue weighted by atomic mass is 35.5. The SMILES string of the molecule is Cc1sc2c(c1C)c(=O)n(-c1ccc(Cl)cc1)c(=O)n2Cc1ccc(C(C)(C)C)cc1. The molecule has 0 saturated heterocycles. The summed E-state index contributed by atoms with van der Waals surface area (Å²) >= 11 is 7.51. The Labute approximate surface area is 190 Å². The maximum absolute atomic E-state index is 13.5. The fourth-order valence-corrected chi connectivity index (χ4v) is 4.97. The lowest BCUT2D eigenvalue weighted by Gasteiger charge is -2.19. The van der Waals surface area contributed by atoms with Crippen LogP contribution in [0, 0.1) is 13.8 Å². The average Bonchev–Trinajstić information content (AvgIpc) is 3.01. The van der Waals surface area contributed by atoms with Crippen LogP contribution >= 0.6 is 22.9 Å². The van der Waals surface area contributed by atoms with E-state index in [1.54, 1.807) is 28.8 Å². The van der Waals surface area contributed by atoms with Crippen LogP contribution in [-0.2, 0) is 12.0 Å². The van der Waals surface area contributed by atoms with Gasteiger partial charge in [0.05, 0.1) is 17.6 Å². The maximum atomic E-state index is 13.5. The number of aryl methyl sites for hydroxylation is 2. The molecule has 0 spiro atoms. The predicted molar refractivity (Wildman–Crippen MR) is 130 cm³/mol. The van der Waals surface area contributed by atoms with Crippen molar-refractivity contribution in [2.24, 2.45) is 0 Å². The molecular formula is C25H25ClN2O2S. The van der Waals surface area contributed by atoms with Gasteiger partial charge in [0.2, 0.25) is 0 Å². The molecule has 0 aliphatic carbocycles. The number of nitrogens with zero attached hydrogens (tertiary/aromatic N) is 2. The van der Waals surface area contributed by atoms with Gasteiger partial charge in [-0.05, 0) is 60.2 Å². The Kier molecular flexibility index (Phi) is 5.44. The van der Waals surface area contributed by atoms with Gasteiger partial charge in [0.1, 0.15) is 4.83 Å². The summed E-state index contributed by atoms with van der Waals surface area (Å²) < 4.78 is 2.96. The van der Waals surface area contributed by atoms with Gasteiger partial charge >= 0.3 is 5.69 Å². The predicted octanol–water partition coefficient (Wildman–Crippen LogP) is 5.83. The Morgan fingerprint density at radius 2 is 1.55 bits per heavy atom. The van der Waals surface area contributed by atoms with E-state index in [0.29, 0.717) is 22.6 Å². The average molecular weight is 453 g/mol. The van der Waals surface area contributed by atoms with Crippen LogP contribution in [0.5, 0.6) is 0 Å². The normalized spacial score (nSPS) is 11.9. The van der Waals surface area contributed by atoms with Gasteiger partial charge in [-0.1, -0.05) is 56.6 Å². The minimum absolute atomic E-state index is 0.0619. The Hall–Kier alpha value is -2.63. The topological polar surface area (TPSA) is 44.0 Å². The van der Waals surface area contributed by atoms with Gasteiger partial charge in [0.25, 0.3) is 5.56 Å². The smallest absolute Gasteiger partial charge is 0.280 e. The first-order valence-electron chi connectivity index (χ1n) is 10.2. The second-order valence-electron chi connectivity index (χ2n) is 8.90. The fraction of sp³-hybridized carbons (Fsp3) is 0.280. The van der Waals surface area contributed by atoms with Crippen LogP contribution in [0.2, 0.25) is 5.02 Å². The molecule has 2 heterocycles. The van der Waals surface area contributed by atoms with Gasteiger partial charge in [-0.3, -0.25) is 9.36 Å². The molecule has 0 N–H and O–H groups in total. The van der Waals surface area contributed by atoms with Crippen molar-refractivity contribution in [3.8, 4) is 5.69 Å². The number of aromatic nitrogens is 2. The largest absolute Gasteiger partial charge is 0.337 e. The van der Waals surface area contributed by atoms with E-state index in [1.165, 1.54) is 21.5 Å². The fourth-order valence-electron chi connectivity index (χ4n) is 3.71. The summed E-state index contributed by atoms with van der Waals surface area (Å²) in [6.07, 6.45) is 0. The van der Waals surface area contributed by atoms with E-state index in [4.69, 9.17) is 11.6 Å². The number of halogens is 1. The van der Waals surface area contributed by atoms with Gasteiger partial charge in [-0.2, -0.15) is 0 Å². The third-order valence-corrected chi connectivity index (χ3v) is 7.18. The quantitative estimate of drug-likeness (QED) is 0.392. The van der Waals surface area contributed by atoms with E-state index in [-0.39, 0.29) is 16.7 Å². The molecule has 2 aromatic carbocycles. The molecule has 4 nitrogen and oxygen atoms in total. The summed E-state index contributed by atoms with van der Waals surface area (Å²) in [6.45, 7) is 10.8. The molecule has 4 aromatic rings. The summed E-state index contributed by atoms with van der Waals surface area (Å²) in [4.78, 5) is 28.6. The van der Waals surface area contributed by atoms with Crippen LogP contribution in [-0.4, -0.2) is 9.13 Å². The lowest BCUT2D eigenvalue weighted by molar-refractivity contribution is 0.589. The van der Waals surface area contributed by atoms with Crippen molar-refractivity contribution in [2.75, 3.05) is 0 Å². The molecule has 0 atom stereocenters. The van der Waals surface area contributed by atoms with E-state index in [2.05, 4.69) is 45.0 Å². The summed E-state index contributed by atoms with van der Waals surface area (Å²) in [7, 11) is 0. The van der Waals surface area contributed by atoms with Crippen LogP contribution in [0.1, 0.15) is 42.3 Å². The first kappa shape index (κ1) is 21.6. The molecule has 0 saturated carbocycles. The number of rotatable bonds is 3. The molecule has 6 heteroatoms. The minimum Gasteiger partial charge on any atom is -0.280 e. The summed E-state index contributed by atoms with van der Waals surface area (Å²) in [5.74, 6) is 0. The zero-order valence-corrected chi connectivity index (χ0v) is 19.9. The minimum atomic E-state index is -0.346.